The van der Waals surface area contributed by atoms with Gasteiger partial charge in [-0.3, -0.25) is 0 Å². The minimum Gasteiger partial charge on any atom is -0.328 e. The third kappa shape index (κ3) is 2.96. The van der Waals surface area contributed by atoms with Crippen molar-refractivity contribution >= 4 is 15.9 Å². The maximum Gasteiger partial charge on any atom is 0.0677 e. The van der Waals surface area contributed by atoms with Crippen molar-refractivity contribution in [3.8, 4) is 5.69 Å². The van der Waals surface area contributed by atoms with Crippen LogP contribution in [0.15, 0.2) is 35.1 Å². The van der Waals surface area contributed by atoms with E-state index in [9.17, 15) is 0 Å². The van der Waals surface area contributed by atoms with E-state index in [1.54, 1.807) is 6.20 Å². The lowest BCUT2D eigenvalue weighted by Crippen LogP contribution is -2.18. The van der Waals surface area contributed by atoms with Crippen LogP contribution in [0.2, 0.25) is 0 Å². The van der Waals surface area contributed by atoms with Crippen molar-refractivity contribution in [2.24, 2.45) is 5.73 Å². The molecule has 4 heteroatoms. The normalized spacial score (nSPS) is 12.7. The molecule has 0 aliphatic carbocycles. The molecule has 0 aliphatic rings. The van der Waals surface area contributed by atoms with E-state index in [4.69, 9.17) is 5.73 Å². The number of aryl methyl sites for hydroxylation is 1. The predicted octanol–water partition coefficient (Wildman–Crippen LogP) is 2.83. The first-order valence-corrected chi connectivity index (χ1v) is 6.41. The third-order valence-corrected chi connectivity index (χ3v) is 3.04. The molecule has 0 saturated carbocycles. The molecule has 1 aromatic carbocycles. The number of hydrogen-bond donors (Lipinski definition) is 1. The van der Waals surface area contributed by atoms with Crippen molar-refractivity contribution in [1.29, 1.82) is 0 Å². The largest absolute Gasteiger partial charge is 0.328 e. The van der Waals surface area contributed by atoms with E-state index in [2.05, 4.69) is 46.2 Å². The minimum atomic E-state index is 0.176. The van der Waals surface area contributed by atoms with Gasteiger partial charge in [-0.15, -0.1) is 0 Å². The minimum absolute atomic E-state index is 0.176. The Labute approximate surface area is 110 Å². The molecule has 1 unspecified atom stereocenters. The van der Waals surface area contributed by atoms with E-state index in [0.717, 1.165) is 16.6 Å². The van der Waals surface area contributed by atoms with E-state index in [-0.39, 0.29) is 6.04 Å². The lowest BCUT2D eigenvalue weighted by atomic mass is 10.0. The molecule has 1 aromatic heterocycles. The summed E-state index contributed by atoms with van der Waals surface area (Å²) in [5.74, 6) is 0. The quantitative estimate of drug-likeness (QED) is 0.946. The standard InChI is InChI=1S/C13H16BrN3/c1-9-3-4-11(5-10(2)15)6-13(9)17-8-12(14)7-16-17/h3-4,6-8,10H,5,15H2,1-2H3. The highest BCUT2D eigenvalue weighted by atomic mass is 79.9. The molecule has 3 nitrogen and oxygen atoms in total. The second-order valence-corrected chi connectivity index (χ2v) is 5.32. The average molecular weight is 294 g/mol. The van der Waals surface area contributed by atoms with Crippen molar-refractivity contribution in [2.75, 3.05) is 0 Å². The van der Waals surface area contributed by atoms with Crippen molar-refractivity contribution in [1.82, 2.24) is 9.78 Å². The molecule has 1 atom stereocenters. The maximum atomic E-state index is 5.83. The molecule has 0 aliphatic heterocycles. The van der Waals surface area contributed by atoms with Crippen LogP contribution >= 0.6 is 15.9 Å². The van der Waals surface area contributed by atoms with Crippen LogP contribution in [0.25, 0.3) is 5.69 Å². The molecular weight excluding hydrogens is 278 g/mol. The van der Waals surface area contributed by atoms with Crippen LogP contribution in [0.1, 0.15) is 18.1 Å². The monoisotopic (exact) mass is 293 g/mol. The smallest absolute Gasteiger partial charge is 0.0677 e. The fourth-order valence-corrected chi connectivity index (χ4v) is 2.12. The first-order chi connectivity index (χ1) is 8.06. The molecule has 0 bridgehead atoms. The molecule has 0 fully saturated rings. The summed E-state index contributed by atoms with van der Waals surface area (Å²) in [6.07, 6.45) is 4.63. The van der Waals surface area contributed by atoms with Crippen LogP contribution in [0.5, 0.6) is 0 Å². The van der Waals surface area contributed by atoms with Gasteiger partial charge < -0.3 is 5.73 Å². The van der Waals surface area contributed by atoms with Gasteiger partial charge in [-0.05, 0) is 53.4 Å². The fraction of sp³-hybridized carbons (Fsp3) is 0.308. The van der Waals surface area contributed by atoms with Crippen molar-refractivity contribution < 1.29 is 0 Å². The molecule has 0 radical (unpaired) electrons. The second kappa shape index (κ2) is 5.02. The van der Waals surface area contributed by atoms with Gasteiger partial charge in [0, 0.05) is 12.2 Å². The summed E-state index contributed by atoms with van der Waals surface area (Å²) >= 11 is 3.41. The summed E-state index contributed by atoms with van der Waals surface area (Å²) in [6.45, 7) is 4.10. The Kier molecular flexibility index (Phi) is 3.64. The predicted molar refractivity (Wildman–Crippen MR) is 73.4 cm³/mol. The Morgan fingerprint density at radius 1 is 1.47 bits per heavy atom. The summed E-state index contributed by atoms with van der Waals surface area (Å²) in [6, 6.07) is 6.57. The van der Waals surface area contributed by atoms with Crippen LogP contribution in [0.3, 0.4) is 0 Å². The molecule has 0 saturated heterocycles. The third-order valence-electron chi connectivity index (χ3n) is 2.63. The number of aromatic nitrogens is 2. The van der Waals surface area contributed by atoms with Gasteiger partial charge in [-0.1, -0.05) is 12.1 Å². The van der Waals surface area contributed by atoms with Gasteiger partial charge in [0.25, 0.3) is 0 Å². The van der Waals surface area contributed by atoms with Crippen molar-refractivity contribution in [3.63, 3.8) is 0 Å². The number of nitrogens with zero attached hydrogens (tertiary/aromatic N) is 2. The topological polar surface area (TPSA) is 43.8 Å². The van der Waals surface area contributed by atoms with Gasteiger partial charge >= 0.3 is 0 Å². The Balaban J connectivity index is 2.39. The van der Waals surface area contributed by atoms with Gasteiger partial charge in [0.1, 0.15) is 0 Å². The van der Waals surface area contributed by atoms with Crippen molar-refractivity contribution in [3.05, 3.63) is 46.2 Å². The number of rotatable bonds is 3. The van der Waals surface area contributed by atoms with E-state index >= 15 is 0 Å². The van der Waals surface area contributed by atoms with Gasteiger partial charge in [-0.2, -0.15) is 5.10 Å². The number of halogens is 1. The number of nitrogens with two attached hydrogens (primary N) is 1. The van der Waals surface area contributed by atoms with Crippen LogP contribution in [-0.4, -0.2) is 15.8 Å². The zero-order valence-corrected chi connectivity index (χ0v) is 11.6. The van der Waals surface area contributed by atoms with Crippen LogP contribution in [0, 0.1) is 6.92 Å². The van der Waals surface area contributed by atoms with Crippen LogP contribution in [0.4, 0.5) is 0 Å². The highest BCUT2D eigenvalue weighted by Gasteiger charge is 2.05. The SMILES string of the molecule is Cc1ccc(CC(C)N)cc1-n1cc(Br)cn1. The molecule has 90 valence electrons. The van der Waals surface area contributed by atoms with E-state index in [1.807, 2.05) is 17.8 Å². The second-order valence-electron chi connectivity index (χ2n) is 4.41. The van der Waals surface area contributed by atoms with Crippen molar-refractivity contribution in [2.45, 2.75) is 26.3 Å². The Hall–Kier alpha value is -1.13. The molecule has 2 rings (SSSR count). The van der Waals surface area contributed by atoms with E-state index in [1.165, 1.54) is 11.1 Å². The summed E-state index contributed by atoms with van der Waals surface area (Å²) in [5, 5.41) is 4.31. The van der Waals surface area contributed by atoms with Gasteiger partial charge in [0.05, 0.1) is 16.4 Å². The fourth-order valence-electron chi connectivity index (χ4n) is 1.83. The van der Waals surface area contributed by atoms with Gasteiger partial charge in [-0.25, -0.2) is 4.68 Å². The first kappa shape index (κ1) is 12.3. The van der Waals surface area contributed by atoms with Crippen LogP contribution < -0.4 is 5.73 Å². The van der Waals surface area contributed by atoms with Crippen LogP contribution in [-0.2, 0) is 6.42 Å². The molecule has 17 heavy (non-hydrogen) atoms. The zero-order valence-electron chi connectivity index (χ0n) is 10.0. The number of benzene rings is 1. The maximum absolute atomic E-state index is 5.83. The highest BCUT2D eigenvalue weighted by Crippen LogP contribution is 2.18. The molecule has 2 aromatic rings. The number of hydrogen-bond acceptors (Lipinski definition) is 2. The molecule has 0 spiro atoms. The lowest BCUT2D eigenvalue weighted by Gasteiger charge is -2.10. The van der Waals surface area contributed by atoms with E-state index in [0.29, 0.717) is 0 Å². The summed E-state index contributed by atoms with van der Waals surface area (Å²) in [7, 11) is 0. The Morgan fingerprint density at radius 3 is 2.82 bits per heavy atom. The molecule has 1 heterocycles. The summed E-state index contributed by atoms with van der Waals surface area (Å²) in [5.41, 5.74) is 9.38. The van der Waals surface area contributed by atoms with E-state index < -0.39 is 0 Å². The molecular formula is C13H16BrN3. The van der Waals surface area contributed by atoms with Gasteiger partial charge in [0.2, 0.25) is 0 Å². The molecule has 2 N–H and O–H groups in total. The molecule has 0 amide bonds. The summed E-state index contributed by atoms with van der Waals surface area (Å²) < 4.78 is 2.86. The highest BCUT2D eigenvalue weighted by molar-refractivity contribution is 9.10. The summed E-state index contributed by atoms with van der Waals surface area (Å²) in [4.78, 5) is 0. The Morgan fingerprint density at radius 2 is 2.24 bits per heavy atom. The lowest BCUT2D eigenvalue weighted by molar-refractivity contribution is 0.736. The van der Waals surface area contributed by atoms with Gasteiger partial charge in [0.15, 0.2) is 0 Å². The Bertz CT molecular complexity index is 517. The average Bonchev–Trinajstić information content (AvgIpc) is 2.67. The first-order valence-electron chi connectivity index (χ1n) is 5.62. The zero-order chi connectivity index (χ0) is 12.4.